The number of nitrogens with one attached hydrogen (secondary N) is 1. The first-order valence-electron chi connectivity index (χ1n) is 9.77. The highest BCUT2D eigenvalue weighted by Gasteiger charge is 2.32. The molecule has 1 aliphatic heterocycles. The van der Waals surface area contributed by atoms with E-state index in [4.69, 9.17) is 9.47 Å². The van der Waals surface area contributed by atoms with Crippen LogP contribution in [0.15, 0.2) is 60.9 Å². The minimum atomic E-state index is -0.264. The third-order valence-corrected chi connectivity index (χ3v) is 5.03. The van der Waals surface area contributed by atoms with Gasteiger partial charge in [-0.1, -0.05) is 0 Å². The number of amides is 3. The van der Waals surface area contributed by atoms with Crippen molar-refractivity contribution in [2.24, 2.45) is 0 Å². The van der Waals surface area contributed by atoms with Crippen molar-refractivity contribution in [1.29, 1.82) is 0 Å². The number of ether oxygens (including phenoxy) is 2. The third kappa shape index (κ3) is 4.30. The maximum Gasteiger partial charge on any atom is 0.325 e. The minimum Gasteiger partial charge on any atom is -0.497 e. The van der Waals surface area contributed by atoms with Crippen molar-refractivity contribution in [3.8, 4) is 17.2 Å². The summed E-state index contributed by atoms with van der Waals surface area (Å²) in [5.74, 6) is 0.927. The molecule has 0 unspecified atom stereocenters. The highest BCUT2D eigenvalue weighted by atomic mass is 16.5. The van der Waals surface area contributed by atoms with Crippen LogP contribution in [0.4, 0.5) is 16.2 Å². The Morgan fingerprint density at radius 3 is 2.58 bits per heavy atom. The van der Waals surface area contributed by atoms with E-state index in [0.717, 1.165) is 5.69 Å². The third-order valence-electron chi connectivity index (χ3n) is 5.03. The van der Waals surface area contributed by atoms with Gasteiger partial charge in [0, 0.05) is 37.2 Å². The van der Waals surface area contributed by atoms with Gasteiger partial charge in [0.1, 0.15) is 18.0 Å². The van der Waals surface area contributed by atoms with Crippen LogP contribution in [-0.2, 0) is 4.79 Å². The van der Waals surface area contributed by atoms with Crippen LogP contribution < -0.4 is 19.7 Å². The van der Waals surface area contributed by atoms with Crippen molar-refractivity contribution in [1.82, 2.24) is 14.7 Å². The fraction of sp³-hybridized carbons (Fsp3) is 0.227. The van der Waals surface area contributed by atoms with Crippen LogP contribution in [0.5, 0.6) is 11.5 Å². The van der Waals surface area contributed by atoms with E-state index in [9.17, 15) is 9.59 Å². The molecule has 2 heterocycles. The second-order valence-corrected chi connectivity index (χ2v) is 6.94. The number of anilines is 2. The SMILES string of the molecule is COc1ccc(OC)c(N2CCN(CC(=O)Nc3ccc(-n4cccn4)cc3)C2=O)c1. The average molecular weight is 421 g/mol. The number of hydrogen-bond acceptors (Lipinski definition) is 5. The van der Waals surface area contributed by atoms with Crippen LogP contribution in [0.3, 0.4) is 0 Å². The Kier molecular flexibility index (Phi) is 5.74. The number of carbonyl (C=O) groups excluding carboxylic acids is 2. The highest BCUT2D eigenvalue weighted by molar-refractivity contribution is 6.00. The first-order valence-corrected chi connectivity index (χ1v) is 9.77. The predicted octanol–water partition coefficient (Wildman–Crippen LogP) is 2.77. The van der Waals surface area contributed by atoms with Crippen LogP contribution in [0.2, 0.25) is 0 Å². The first kappa shape index (κ1) is 20.3. The number of aromatic nitrogens is 2. The summed E-state index contributed by atoms with van der Waals surface area (Å²) in [6.07, 6.45) is 3.54. The maximum absolute atomic E-state index is 12.9. The van der Waals surface area contributed by atoms with Gasteiger partial charge >= 0.3 is 6.03 Å². The summed E-state index contributed by atoms with van der Waals surface area (Å²) in [4.78, 5) is 28.5. The minimum absolute atomic E-state index is 0.0392. The highest BCUT2D eigenvalue weighted by Crippen LogP contribution is 2.34. The van der Waals surface area contributed by atoms with E-state index in [0.29, 0.717) is 36.0 Å². The topological polar surface area (TPSA) is 88.9 Å². The quantitative estimate of drug-likeness (QED) is 0.634. The Balaban J connectivity index is 1.39. The molecule has 2 aromatic carbocycles. The molecule has 1 aliphatic rings. The van der Waals surface area contributed by atoms with Gasteiger partial charge < -0.3 is 19.7 Å². The van der Waals surface area contributed by atoms with E-state index in [2.05, 4.69) is 10.4 Å². The number of rotatable bonds is 7. The molecule has 0 atom stereocenters. The van der Waals surface area contributed by atoms with Gasteiger partial charge in [0.25, 0.3) is 0 Å². The molecule has 1 saturated heterocycles. The van der Waals surface area contributed by atoms with Gasteiger partial charge in [-0.05, 0) is 42.5 Å². The molecule has 31 heavy (non-hydrogen) atoms. The van der Waals surface area contributed by atoms with Gasteiger partial charge in [-0.15, -0.1) is 0 Å². The van der Waals surface area contributed by atoms with Gasteiger partial charge in [0.05, 0.1) is 25.6 Å². The van der Waals surface area contributed by atoms with E-state index in [1.54, 1.807) is 60.3 Å². The van der Waals surface area contributed by atoms with Crippen LogP contribution in [0.25, 0.3) is 5.69 Å². The van der Waals surface area contributed by atoms with E-state index in [1.807, 2.05) is 24.4 Å². The zero-order valence-electron chi connectivity index (χ0n) is 17.3. The molecule has 3 aromatic rings. The van der Waals surface area contributed by atoms with Crippen LogP contribution >= 0.6 is 0 Å². The molecule has 0 saturated carbocycles. The normalized spacial score (nSPS) is 13.4. The van der Waals surface area contributed by atoms with Crippen molar-refractivity contribution >= 4 is 23.3 Å². The van der Waals surface area contributed by atoms with E-state index in [1.165, 1.54) is 4.90 Å². The Morgan fingerprint density at radius 1 is 1.10 bits per heavy atom. The second-order valence-electron chi connectivity index (χ2n) is 6.94. The van der Waals surface area contributed by atoms with Crippen molar-refractivity contribution in [3.63, 3.8) is 0 Å². The lowest BCUT2D eigenvalue weighted by Gasteiger charge is -2.21. The average Bonchev–Trinajstić information content (AvgIpc) is 3.45. The largest absolute Gasteiger partial charge is 0.497 e. The lowest BCUT2D eigenvalue weighted by Crippen LogP contribution is -2.37. The van der Waals surface area contributed by atoms with Crippen LogP contribution in [-0.4, -0.2) is 60.5 Å². The standard InChI is InChI=1S/C22H23N5O4/c1-30-18-8-9-20(31-2)19(14-18)26-13-12-25(22(26)29)15-21(28)24-16-4-6-17(7-5-16)27-11-3-10-23-27/h3-11,14H,12-13,15H2,1-2H3,(H,24,28). The van der Waals surface area contributed by atoms with Crippen LogP contribution in [0, 0.1) is 0 Å². The van der Waals surface area contributed by atoms with Gasteiger partial charge in [0.2, 0.25) is 5.91 Å². The fourth-order valence-corrected chi connectivity index (χ4v) is 3.45. The molecule has 0 spiro atoms. The lowest BCUT2D eigenvalue weighted by atomic mass is 10.2. The summed E-state index contributed by atoms with van der Waals surface area (Å²) in [5, 5.41) is 7.00. The summed E-state index contributed by atoms with van der Waals surface area (Å²) in [6.45, 7) is 0.849. The van der Waals surface area contributed by atoms with Crippen LogP contribution in [0.1, 0.15) is 0 Å². The van der Waals surface area contributed by atoms with Crippen molar-refractivity contribution < 1.29 is 19.1 Å². The van der Waals surface area contributed by atoms with Gasteiger partial charge in [-0.3, -0.25) is 9.69 Å². The molecular formula is C22H23N5O4. The summed E-state index contributed by atoms with van der Waals surface area (Å²) >= 11 is 0. The van der Waals surface area contributed by atoms with Crippen molar-refractivity contribution in [2.45, 2.75) is 0 Å². The monoisotopic (exact) mass is 421 g/mol. The molecule has 9 nitrogen and oxygen atoms in total. The number of nitrogens with zero attached hydrogens (tertiary/aromatic N) is 4. The molecule has 160 valence electrons. The second kappa shape index (κ2) is 8.78. The summed E-state index contributed by atoms with van der Waals surface area (Å²) in [5.41, 5.74) is 2.16. The Bertz CT molecular complexity index is 1070. The fourth-order valence-electron chi connectivity index (χ4n) is 3.45. The molecule has 0 bridgehead atoms. The number of carbonyl (C=O) groups is 2. The molecule has 3 amide bonds. The van der Waals surface area contributed by atoms with Crippen molar-refractivity contribution in [3.05, 3.63) is 60.9 Å². The van der Waals surface area contributed by atoms with E-state index < -0.39 is 0 Å². The molecule has 9 heteroatoms. The number of benzene rings is 2. The van der Waals surface area contributed by atoms with E-state index >= 15 is 0 Å². The lowest BCUT2D eigenvalue weighted by molar-refractivity contribution is -0.116. The number of urea groups is 1. The van der Waals surface area contributed by atoms with Gasteiger partial charge in [0.15, 0.2) is 0 Å². The number of hydrogen-bond donors (Lipinski definition) is 1. The van der Waals surface area contributed by atoms with Crippen molar-refractivity contribution in [2.75, 3.05) is 44.1 Å². The molecule has 1 fully saturated rings. The smallest absolute Gasteiger partial charge is 0.325 e. The molecule has 0 radical (unpaired) electrons. The summed E-state index contributed by atoms with van der Waals surface area (Å²) in [7, 11) is 3.12. The summed E-state index contributed by atoms with van der Waals surface area (Å²) < 4.78 is 12.4. The molecule has 1 N–H and O–H groups in total. The maximum atomic E-state index is 12.9. The molecular weight excluding hydrogens is 398 g/mol. The molecule has 0 aliphatic carbocycles. The molecule has 4 rings (SSSR count). The van der Waals surface area contributed by atoms with E-state index in [-0.39, 0.29) is 18.5 Å². The zero-order valence-corrected chi connectivity index (χ0v) is 17.3. The Labute approximate surface area is 179 Å². The summed E-state index contributed by atoms with van der Waals surface area (Å²) in [6, 6.07) is 14.2. The number of methoxy groups -OCH3 is 2. The Morgan fingerprint density at radius 2 is 1.90 bits per heavy atom. The Hall–Kier alpha value is -4.01. The van der Waals surface area contributed by atoms with Gasteiger partial charge in [-0.2, -0.15) is 5.10 Å². The zero-order chi connectivity index (χ0) is 21.8. The van der Waals surface area contributed by atoms with Gasteiger partial charge in [-0.25, -0.2) is 9.48 Å². The molecule has 1 aromatic heterocycles. The first-order chi connectivity index (χ1) is 15.1. The predicted molar refractivity (Wildman–Crippen MR) is 116 cm³/mol.